The van der Waals surface area contributed by atoms with Gasteiger partial charge in [-0.1, -0.05) is 68.8 Å². The van der Waals surface area contributed by atoms with Crippen LogP contribution in [-0.2, 0) is 27.7 Å². The number of nitriles is 1. The molecule has 0 bridgehead atoms. The molecule has 5 nitrogen and oxygen atoms in total. The first-order valence-corrected chi connectivity index (χ1v) is 12.8. The maximum Gasteiger partial charge on any atom is 0.416 e. The van der Waals surface area contributed by atoms with Gasteiger partial charge in [0.15, 0.2) is 0 Å². The topological polar surface area (TPSA) is 73.2 Å². The summed E-state index contributed by atoms with van der Waals surface area (Å²) < 4.78 is 39.7. The number of hydrogen-bond acceptors (Lipinski definition) is 3. The van der Waals surface area contributed by atoms with Gasteiger partial charge in [-0.05, 0) is 48.8 Å². The van der Waals surface area contributed by atoms with E-state index in [1.165, 1.54) is 18.2 Å². The molecule has 1 heterocycles. The Kier molecular flexibility index (Phi) is 9.36. The number of halogens is 3. The van der Waals surface area contributed by atoms with Crippen LogP contribution in [0.1, 0.15) is 69.1 Å². The monoisotopic (exact) mass is 513 g/mol. The predicted molar refractivity (Wildman–Crippen MR) is 135 cm³/mol. The lowest BCUT2D eigenvalue weighted by Crippen LogP contribution is -2.45. The van der Waals surface area contributed by atoms with Gasteiger partial charge in [-0.25, -0.2) is 0 Å². The van der Waals surface area contributed by atoms with Crippen molar-refractivity contribution >= 4 is 11.8 Å². The number of benzene rings is 2. The number of carbonyl (C=O) groups is 2. The minimum absolute atomic E-state index is 0.0104. The molecule has 198 valence electrons. The average Bonchev–Trinajstić information content (AvgIpc) is 3.38. The molecular formula is C29H34F3N3O2. The first-order chi connectivity index (χ1) is 17.6. The van der Waals surface area contributed by atoms with Gasteiger partial charge in [-0.2, -0.15) is 18.4 Å². The van der Waals surface area contributed by atoms with E-state index in [1.54, 1.807) is 4.90 Å². The highest BCUT2D eigenvalue weighted by molar-refractivity contribution is 5.88. The molecular weight excluding hydrogens is 479 g/mol. The van der Waals surface area contributed by atoms with E-state index >= 15 is 0 Å². The van der Waals surface area contributed by atoms with Crippen molar-refractivity contribution in [2.24, 2.45) is 5.92 Å². The first kappa shape index (κ1) is 28.2. The van der Waals surface area contributed by atoms with Gasteiger partial charge < -0.3 is 10.2 Å². The lowest BCUT2D eigenvalue weighted by molar-refractivity contribution is -0.139. The Labute approximate surface area is 216 Å². The van der Waals surface area contributed by atoms with Gasteiger partial charge >= 0.3 is 6.18 Å². The number of hydrogen-bond donors (Lipinski definition) is 1. The number of nitrogens with one attached hydrogen (secondary N) is 1. The number of amides is 2. The zero-order chi connectivity index (χ0) is 27.1. The molecule has 2 aromatic rings. The average molecular weight is 514 g/mol. The van der Waals surface area contributed by atoms with Crippen molar-refractivity contribution in [1.29, 1.82) is 5.26 Å². The fourth-order valence-electron chi connectivity index (χ4n) is 5.16. The van der Waals surface area contributed by atoms with Crippen molar-refractivity contribution in [3.05, 3.63) is 71.3 Å². The quantitative estimate of drug-likeness (QED) is 0.397. The van der Waals surface area contributed by atoms with Crippen LogP contribution in [0.3, 0.4) is 0 Å². The number of rotatable bonds is 10. The lowest BCUT2D eigenvalue weighted by Gasteiger charge is -2.31. The van der Waals surface area contributed by atoms with Gasteiger partial charge in [0, 0.05) is 19.5 Å². The summed E-state index contributed by atoms with van der Waals surface area (Å²) in [5, 5.41) is 12.6. The van der Waals surface area contributed by atoms with Gasteiger partial charge in [0.2, 0.25) is 11.8 Å². The van der Waals surface area contributed by atoms with E-state index in [1.807, 2.05) is 44.2 Å². The number of alkyl halides is 3. The summed E-state index contributed by atoms with van der Waals surface area (Å²) in [5.41, 5.74) is -0.446. The van der Waals surface area contributed by atoms with Crippen molar-refractivity contribution in [3.8, 4) is 6.07 Å². The molecule has 0 saturated carbocycles. The third-order valence-corrected chi connectivity index (χ3v) is 7.34. The smallest absolute Gasteiger partial charge is 0.350 e. The van der Waals surface area contributed by atoms with E-state index in [0.29, 0.717) is 38.6 Å². The molecule has 1 N–H and O–H groups in total. The summed E-state index contributed by atoms with van der Waals surface area (Å²) in [6.45, 7) is 4.26. The van der Waals surface area contributed by atoms with Crippen molar-refractivity contribution in [1.82, 2.24) is 10.2 Å². The molecule has 0 spiro atoms. The maximum absolute atomic E-state index is 13.2. The van der Waals surface area contributed by atoms with E-state index in [9.17, 15) is 28.0 Å². The van der Waals surface area contributed by atoms with Gasteiger partial charge in [-0.3, -0.25) is 9.59 Å². The molecule has 1 aliphatic rings. The van der Waals surface area contributed by atoms with Crippen molar-refractivity contribution in [3.63, 3.8) is 0 Å². The standard InChI is InChI=1S/C29H34F3N3O2/c1-21(2)28(20-33,23-12-4-3-5-13-23)17-9-8-16-26(36)35-18-10-15-25(35)27(37)34-19-22-11-6-7-14-24(22)29(30,31)32/h3-7,11-14,21,25H,8-10,15-19H2,1-2H3,(H,34,37)/t25-,28+/m1/s1. The second-order valence-corrected chi connectivity index (χ2v) is 9.93. The molecule has 1 fully saturated rings. The summed E-state index contributed by atoms with van der Waals surface area (Å²) in [5.74, 6) is -0.472. The molecule has 0 aliphatic carbocycles. The molecule has 0 radical (unpaired) electrons. The van der Waals surface area contributed by atoms with Crippen LogP contribution < -0.4 is 5.32 Å². The van der Waals surface area contributed by atoms with Crippen LogP contribution in [0.15, 0.2) is 54.6 Å². The Morgan fingerprint density at radius 3 is 2.41 bits per heavy atom. The Bertz CT molecular complexity index is 1110. The van der Waals surface area contributed by atoms with Crippen molar-refractivity contribution in [2.45, 2.75) is 76.6 Å². The molecule has 1 saturated heterocycles. The second kappa shape index (κ2) is 12.3. The SMILES string of the molecule is CC(C)[C@@](C#N)(CCCCC(=O)N1CCC[C@@H]1C(=O)NCc1ccccc1C(F)(F)F)c1ccccc1. The fraction of sp³-hybridized carbons (Fsp3) is 0.483. The Balaban J connectivity index is 1.55. The zero-order valence-corrected chi connectivity index (χ0v) is 21.4. The molecule has 37 heavy (non-hydrogen) atoms. The molecule has 2 aromatic carbocycles. The number of nitrogens with zero attached hydrogens (tertiary/aromatic N) is 2. The second-order valence-electron chi connectivity index (χ2n) is 9.93. The van der Waals surface area contributed by atoms with E-state index < -0.39 is 29.1 Å². The molecule has 1 aliphatic heterocycles. The summed E-state index contributed by atoms with van der Waals surface area (Å²) in [6, 6.07) is 16.7. The first-order valence-electron chi connectivity index (χ1n) is 12.8. The van der Waals surface area contributed by atoms with Gasteiger partial charge in [0.05, 0.1) is 17.0 Å². The zero-order valence-electron chi connectivity index (χ0n) is 21.4. The summed E-state index contributed by atoms with van der Waals surface area (Å²) >= 11 is 0. The maximum atomic E-state index is 13.2. The van der Waals surface area contributed by atoms with Crippen LogP contribution >= 0.6 is 0 Å². The van der Waals surface area contributed by atoms with Crippen molar-refractivity contribution < 1.29 is 22.8 Å². The highest BCUT2D eigenvalue weighted by Crippen LogP contribution is 2.37. The molecule has 3 rings (SSSR count). The molecule has 0 unspecified atom stereocenters. The van der Waals surface area contributed by atoms with Gasteiger partial charge in [0.25, 0.3) is 0 Å². The summed E-state index contributed by atoms with van der Waals surface area (Å²) in [6.07, 6.45) is -1.19. The normalized spacial score (nSPS) is 17.3. The minimum atomic E-state index is -4.50. The van der Waals surface area contributed by atoms with Crippen LogP contribution in [0.25, 0.3) is 0 Å². The van der Waals surface area contributed by atoms with E-state index in [4.69, 9.17) is 0 Å². The van der Waals surface area contributed by atoms with Crippen LogP contribution in [0.2, 0.25) is 0 Å². The largest absolute Gasteiger partial charge is 0.416 e. The minimum Gasteiger partial charge on any atom is -0.350 e. The Hall–Kier alpha value is -3.34. The van der Waals surface area contributed by atoms with Crippen molar-refractivity contribution in [2.75, 3.05) is 6.54 Å². The fourth-order valence-corrected chi connectivity index (χ4v) is 5.16. The highest BCUT2D eigenvalue weighted by Gasteiger charge is 2.37. The summed E-state index contributed by atoms with van der Waals surface area (Å²) in [4.78, 5) is 27.3. The van der Waals surface area contributed by atoms with E-state index in [2.05, 4.69) is 11.4 Å². The third-order valence-electron chi connectivity index (χ3n) is 7.34. The van der Waals surface area contributed by atoms with E-state index in [-0.39, 0.29) is 30.4 Å². The Morgan fingerprint density at radius 2 is 1.76 bits per heavy atom. The number of unbranched alkanes of at least 4 members (excludes halogenated alkanes) is 1. The van der Waals surface area contributed by atoms with Crippen LogP contribution in [0.4, 0.5) is 13.2 Å². The molecule has 2 amide bonds. The highest BCUT2D eigenvalue weighted by atomic mass is 19.4. The van der Waals surface area contributed by atoms with Gasteiger partial charge in [-0.15, -0.1) is 0 Å². The number of likely N-dealkylation sites (tertiary alicyclic amines) is 1. The van der Waals surface area contributed by atoms with Crippen LogP contribution in [0, 0.1) is 17.2 Å². The molecule has 8 heteroatoms. The molecule has 0 aromatic heterocycles. The van der Waals surface area contributed by atoms with E-state index in [0.717, 1.165) is 11.6 Å². The van der Waals surface area contributed by atoms with Crippen LogP contribution in [-0.4, -0.2) is 29.3 Å². The lowest BCUT2D eigenvalue weighted by atomic mass is 9.69. The van der Waals surface area contributed by atoms with Crippen LogP contribution in [0.5, 0.6) is 0 Å². The summed E-state index contributed by atoms with van der Waals surface area (Å²) in [7, 11) is 0. The van der Waals surface area contributed by atoms with Gasteiger partial charge in [0.1, 0.15) is 6.04 Å². The number of carbonyl (C=O) groups excluding carboxylic acids is 2. The molecule has 2 atom stereocenters. The third kappa shape index (κ3) is 6.71. The Morgan fingerprint density at radius 1 is 1.08 bits per heavy atom. The predicted octanol–water partition coefficient (Wildman–Crippen LogP) is 5.99.